The molecule has 0 heterocycles. The van der Waals surface area contributed by atoms with Gasteiger partial charge in [-0.15, -0.1) is 0 Å². The van der Waals surface area contributed by atoms with Crippen LogP contribution in [0.1, 0.15) is 15.9 Å². The van der Waals surface area contributed by atoms with Crippen LogP contribution in [0.5, 0.6) is 11.5 Å². The fourth-order valence-corrected chi connectivity index (χ4v) is 3.03. The second kappa shape index (κ2) is 6.93. The van der Waals surface area contributed by atoms with E-state index in [0.29, 0.717) is 10.2 Å². The molecule has 5 heteroatoms. The van der Waals surface area contributed by atoms with Crippen LogP contribution in [0.3, 0.4) is 0 Å². The Morgan fingerprint density at radius 2 is 1.88 bits per heavy atom. The van der Waals surface area contributed by atoms with Gasteiger partial charge in [-0.2, -0.15) is 0 Å². The number of halogens is 1. The molecule has 0 atom stereocenters. The van der Waals surface area contributed by atoms with Crippen molar-refractivity contribution in [3.63, 3.8) is 0 Å². The molecular weight excluding hydrogens is 372 g/mol. The topological polar surface area (TPSA) is 55.8 Å². The van der Waals surface area contributed by atoms with E-state index in [0.717, 1.165) is 16.3 Å². The van der Waals surface area contributed by atoms with E-state index in [2.05, 4.69) is 15.9 Å². The van der Waals surface area contributed by atoms with Gasteiger partial charge in [-0.3, -0.25) is 0 Å². The van der Waals surface area contributed by atoms with E-state index in [4.69, 9.17) is 9.47 Å². The summed E-state index contributed by atoms with van der Waals surface area (Å²) in [7, 11) is 1.48. The lowest BCUT2D eigenvalue weighted by molar-refractivity contribution is 0.0690. The third-order valence-electron chi connectivity index (χ3n) is 3.72. The lowest BCUT2D eigenvalue weighted by atomic mass is 10.1. The number of carboxylic acids is 1. The summed E-state index contributed by atoms with van der Waals surface area (Å²) in [5.41, 5.74) is 1.04. The van der Waals surface area contributed by atoms with Gasteiger partial charge < -0.3 is 14.6 Å². The first-order chi connectivity index (χ1) is 11.6. The number of hydrogen-bond donors (Lipinski definition) is 1. The van der Waals surface area contributed by atoms with Crippen molar-refractivity contribution in [1.82, 2.24) is 0 Å². The van der Waals surface area contributed by atoms with Gasteiger partial charge in [0.1, 0.15) is 12.2 Å². The highest BCUT2D eigenvalue weighted by Crippen LogP contribution is 2.35. The van der Waals surface area contributed by atoms with E-state index in [1.54, 1.807) is 6.07 Å². The largest absolute Gasteiger partial charge is 0.493 e. The molecule has 0 aromatic heterocycles. The summed E-state index contributed by atoms with van der Waals surface area (Å²) in [4.78, 5) is 11.5. The monoisotopic (exact) mass is 386 g/mol. The molecule has 0 fully saturated rings. The Bertz CT molecular complexity index is 900. The number of ether oxygens (including phenoxy) is 2. The molecule has 0 radical (unpaired) electrons. The van der Waals surface area contributed by atoms with Crippen LogP contribution >= 0.6 is 15.9 Å². The number of carbonyl (C=O) groups is 1. The molecule has 0 aliphatic heterocycles. The Balaban J connectivity index is 1.98. The fraction of sp³-hybridized carbons (Fsp3) is 0.105. The summed E-state index contributed by atoms with van der Waals surface area (Å²) in [6.45, 7) is 0.250. The van der Waals surface area contributed by atoms with E-state index >= 15 is 0 Å². The molecule has 3 rings (SSSR count). The van der Waals surface area contributed by atoms with Crippen molar-refractivity contribution < 1.29 is 19.4 Å². The lowest BCUT2D eigenvalue weighted by Gasteiger charge is -2.15. The van der Waals surface area contributed by atoms with E-state index in [-0.39, 0.29) is 17.9 Å². The Kier molecular flexibility index (Phi) is 4.71. The zero-order valence-corrected chi connectivity index (χ0v) is 14.5. The molecule has 0 spiro atoms. The Hall–Kier alpha value is -2.53. The maximum Gasteiger partial charge on any atom is 0.339 e. The first kappa shape index (κ1) is 16.3. The minimum atomic E-state index is -1.07. The van der Waals surface area contributed by atoms with Gasteiger partial charge >= 0.3 is 5.97 Å². The van der Waals surface area contributed by atoms with Crippen LogP contribution in [-0.4, -0.2) is 18.2 Å². The van der Waals surface area contributed by atoms with Gasteiger partial charge in [0.15, 0.2) is 11.5 Å². The maximum absolute atomic E-state index is 11.5. The van der Waals surface area contributed by atoms with E-state index in [9.17, 15) is 9.90 Å². The average Bonchev–Trinajstić information content (AvgIpc) is 2.59. The Morgan fingerprint density at radius 3 is 2.62 bits per heavy atom. The molecule has 24 heavy (non-hydrogen) atoms. The van der Waals surface area contributed by atoms with Crippen molar-refractivity contribution in [2.75, 3.05) is 7.11 Å². The van der Waals surface area contributed by atoms with Crippen molar-refractivity contribution in [2.45, 2.75) is 6.61 Å². The second-order valence-electron chi connectivity index (χ2n) is 5.22. The summed E-state index contributed by atoms with van der Waals surface area (Å²) < 4.78 is 11.7. The first-order valence-electron chi connectivity index (χ1n) is 7.30. The second-order valence-corrected chi connectivity index (χ2v) is 6.13. The number of fused-ring (bicyclic) bond motifs is 1. The van der Waals surface area contributed by atoms with E-state index < -0.39 is 5.97 Å². The molecule has 4 nitrogen and oxygen atoms in total. The van der Waals surface area contributed by atoms with E-state index in [1.165, 1.54) is 13.2 Å². The van der Waals surface area contributed by atoms with Crippen LogP contribution < -0.4 is 9.47 Å². The molecule has 0 aliphatic carbocycles. The highest BCUT2D eigenvalue weighted by molar-refractivity contribution is 9.10. The van der Waals surface area contributed by atoms with Crippen molar-refractivity contribution in [3.05, 3.63) is 70.2 Å². The molecule has 0 aliphatic rings. The molecular formula is C19H15BrO4. The smallest absolute Gasteiger partial charge is 0.339 e. The molecule has 3 aromatic rings. The van der Waals surface area contributed by atoms with Gasteiger partial charge in [0.25, 0.3) is 0 Å². The number of benzene rings is 3. The normalized spacial score (nSPS) is 10.6. The van der Waals surface area contributed by atoms with Crippen molar-refractivity contribution in [2.24, 2.45) is 0 Å². The summed E-state index contributed by atoms with van der Waals surface area (Å²) in [5.74, 6) is -0.467. The molecule has 122 valence electrons. The summed E-state index contributed by atoms with van der Waals surface area (Å²) in [6, 6.07) is 17.1. The summed E-state index contributed by atoms with van der Waals surface area (Å²) in [5, 5.41) is 11.6. The third-order valence-corrected chi connectivity index (χ3v) is 4.18. The van der Waals surface area contributed by atoms with Crippen LogP contribution in [0.15, 0.2) is 59.1 Å². The number of rotatable bonds is 5. The van der Waals surface area contributed by atoms with Crippen LogP contribution in [0, 0.1) is 0 Å². The number of aromatic carboxylic acids is 1. The molecule has 0 unspecified atom stereocenters. The minimum absolute atomic E-state index is 0.0569. The zero-order chi connectivity index (χ0) is 17.1. The number of hydrogen-bond acceptors (Lipinski definition) is 3. The van der Waals surface area contributed by atoms with Gasteiger partial charge in [-0.05, 0) is 28.5 Å². The standard InChI is InChI=1S/C19H15BrO4/c1-23-17-10-14(20)9-16(19(21)22)18(17)24-11-13-7-4-6-12-5-2-3-8-15(12)13/h2-10H,11H2,1H3,(H,21,22). The SMILES string of the molecule is COc1cc(Br)cc(C(=O)O)c1OCc1cccc2ccccc12. The molecule has 0 bridgehead atoms. The molecule has 3 aromatic carbocycles. The lowest BCUT2D eigenvalue weighted by Crippen LogP contribution is -2.06. The van der Waals surface area contributed by atoms with Gasteiger partial charge in [-0.1, -0.05) is 58.4 Å². The Morgan fingerprint density at radius 1 is 1.12 bits per heavy atom. The maximum atomic E-state index is 11.5. The molecule has 0 saturated carbocycles. The summed E-state index contributed by atoms with van der Waals surface area (Å²) in [6.07, 6.45) is 0. The predicted octanol–water partition coefficient (Wildman–Crippen LogP) is 4.89. The van der Waals surface area contributed by atoms with Crippen LogP contribution in [0.4, 0.5) is 0 Å². The molecule has 0 amide bonds. The fourth-order valence-electron chi connectivity index (χ4n) is 2.60. The Labute approximate surface area is 147 Å². The van der Waals surface area contributed by atoms with E-state index in [1.807, 2.05) is 42.5 Å². The average molecular weight is 387 g/mol. The first-order valence-corrected chi connectivity index (χ1v) is 8.09. The predicted molar refractivity (Wildman–Crippen MR) is 95.9 cm³/mol. The van der Waals surface area contributed by atoms with Crippen molar-refractivity contribution in [3.8, 4) is 11.5 Å². The van der Waals surface area contributed by atoms with Crippen molar-refractivity contribution >= 4 is 32.7 Å². The zero-order valence-electron chi connectivity index (χ0n) is 13.0. The van der Waals surface area contributed by atoms with Crippen LogP contribution in [-0.2, 0) is 6.61 Å². The van der Waals surface area contributed by atoms with Gasteiger partial charge in [-0.25, -0.2) is 4.79 Å². The molecule has 0 saturated heterocycles. The summed E-state index contributed by atoms with van der Waals surface area (Å²) >= 11 is 3.29. The van der Waals surface area contributed by atoms with Crippen molar-refractivity contribution in [1.29, 1.82) is 0 Å². The minimum Gasteiger partial charge on any atom is -0.493 e. The molecule has 1 N–H and O–H groups in total. The quantitative estimate of drug-likeness (QED) is 0.678. The van der Waals surface area contributed by atoms with Gasteiger partial charge in [0.05, 0.1) is 7.11 Å². The number of carboxylic acid groups (broad SMARTS) is 1. The highest BCUT2D eigenvalue weighted by atomic mass is 79.9. The third kappa shape index (κ3) is 3.21. The number of methoxy groups -OCH3 is 1. The van der Waals surface area contributed by atoms with Crippen LogP contribution in [0.2, 0.25) is 0 Å². The van der Waals surface area contributed by atoms with Crippen LogP contribution in [0.25, 0.3) is 10.8 Å². The van der Waals surface area contributed by atoms with Gasteiger partial charge in [0, 0.05) is 4.47 Å². The van der Waals surface area contributed by atoms with Gasteiger partial charge in [0.2, 0.25) is 0 Å². The highest BCUT2D eigenvalue weighted by Gasteiger charge is 2.18.